The standard InChI is InChI=1S/C22H27N5O2/c1-4-28-21-14-23-25-20-7-6-18(13-19(20)21)29-16(3)17-9-11-27(12-10-17)22-8-5-15(2)24-26-22/h5-8,13-14,16-17H,4,9-12H2,1-3H3. The molecule has 0 amide bonds. The van der Waals surface area contributed by atoms with E-state index in [1.54, 1.807) is 6.20 Å². The van der Waals surface area contributed by atoms with Crippen molar-refractivity contribution in [2.45, 2.75) is 39.7 Å². The second-order valence-electron chi connectivity index (χ2n) is 7.50. The van der Waals surface area contributed by atoms with Crippen LogP contribution in [0.4, 0.5) is 5.82 Å². The Morgan fingerprint density at radius 3 is 2.66 bits per heavy atom. The van der Waals surface area contributed by atoms with Gasteiger partial charge in [-0.05, 0) is 69.9 Å². The predicted octanol–water partition coefficient (Wildman–Crippen LogP) is 3.81. The Hall–Kier alpha value is -2.96. The fourth-order valence-electron chi connectivity index (χ4n) is 3.83. The molecule has 1 atom stereocenters. The molecule has 1 aromatic carbocycles. The van der Waals surface area contributed by atoms with Crippen LogP contribution < -0.4 is 14.4 Å². The Bertz CT molecular complexity index is 955. The highest BCUT2D eigenvalue weighted by Crippen LogP contribution is 2.30. The molecule has 0 N–H and O–H groups in total. The lowest BCUT2D eigenvalue weighted by Crippen LogP contribution is -2.39. The Kier molecular flexibility index (Phi) is 5.74. The predicted molar refractivity (Wildman–Crippen MR) is 113 cm³/mol. The molecule has 3 aromatic rings. The van der Waals surface area contributed by atoms with Gasteiger partial charge in [-0.2, -0.15) is 15.3 Å². The molecule has 7 nitrogen and oxygen atoms in total. The van der Waals surface area contributed by atoms with Gasteiger partial charge in [0.15, 0.2) is 5.82 Å². The topological polar surface area (TPSA) is 73.3 Å². The molecule has 1 unspecified atom stereocenters. The summed E-state index contributed by atoms with van der Waals surface area (Å²) in [6, 6.07) is 9.96. The Labute approximate surface area is 171 Å². The monoisotopic (exact) mass is 393 g/mol. The van der Waals surface area contributed by atoms with Gasteiger partial charge in [0.2, 0.25) is 0 Å². The largest absolute Gasteiger partial charge is 0.491 e. The molecule has 0 bridgehead atoms. The van der Waals surface area contributed by atoms with E-state index in [-0.39, 0.29) is 6.10 Å². The second kappa shape index (κ2) is 8.59. The third kappa shape index (κ3) is 4.39. The summed E-state index contributed by atoms with van der Waals surface area (Å²) in [5, 5.41) is 17.6. The maximum atomic E-state index is 6.30. The number of fused-ring (bicyclic) bond motifs is 1. The van der Waals surface area contributed by atoms with Gasteiger partial charge >= 0.3 is 0 Å². The first-order valence-electron chi connectivity index (χ1n) is 10.2. The molecule has 0 aliphatic carbocycles. The van der Waals surface area contributed by atoms with Crippen molar-refractivity contribution in [2.24, 2.45) is 5.92 Å². The molecule has 152 valence electrons. The van der Waals surface area contributed by atoms with Crippen molar-refractivity contribution in [1.82, 2.24) is 20.4 Å². The lowest BCUT2D eigenvalue weighted by atomic mass is 9.92. The number of anilines is 1. The summed E-state index contributed by atoms with van der Waals surface area (Å²) >= 11 is 0. The molecule has 7 heteroatoms. The van der Waals surface area contributed by atoms with E-state index < -0.39 is 0 Å². The van der Waals surface area contributed by atoms with Gasteiger partial charge in [0, 0.05) is 18.5 Å². The van der Waals surface area contributed by atoms with Crippen molar-refractivity contribution in [2.75, 3.05) is 24.6 Å². The van der Waals surface area contributed by atoms with Crippen LogP contribution in [0.5, 0.6) is 11.5 Å². The summed E-state index contributed by atoms with van der Waals surface area (Å²) in [6.07, 6.45) is 3.92. The van der Waals surface area contributed by atoms with E-state index in [1.807, 2.05) is 38.1 Å². The third-order valence-electron chi connectivity index (χ3n) is 5.51. The lowest BCUT2D eigenvalue weighted by molar-refractivity contribution is 0.133. The molecule has 4 rings (SSSR count). The zero-order chi connectivity index (χ0) is 20.2. The van der Waals surface area contributed by atoms with Crippen molar-refractivity contribution < 1.29 is 9.47 Å². The van der Waals surface area contributed by atoms with Crippen LogP contribution in [0.2, 0.25) is 0 Å². The maximum absolute atomic E-state index is 6.30. The zero-order valence-electron chi connectivity index (χ0n) is 17.2. The van der Waals surface area contributed by atoms with Crippen molar-refractivity contribution in [3.63, 3.8) is 0 Å². The number of benzene rings is 1. The van der Waals surface area contributed by atoms with E-state index in [4.69, 9.17) is 9.47 Å². The SMILES string of the molecule is CCOc1cnnc2ccc(OC(C)C3CCN(c4ccc(C)nn4)CC3)cc12. The van der Waals surface area contributed by atoms with Crippen LogP contribution in [0.15, 0.2) is 36.5 Å². The first kappa shape index (κ1) is 19.4. The van der Waals surface area contributed by atoms with Crippen LogP contribution in [0.25, 0.3) is 10.9 Å². The molecule has 3 heterocycles. The van der Waals surface area contributed by atoms with Gasteiger partial charge in [-0.25, -0.2) is 0 Å². The number of ether oxygens (including phenoxy) is 2. The highest BCUT2D eigenvalue weighted by molar-refractivity contribution is 5.85. The fraction of sp³-hybridized carbons (Fsp3) is 0.455. The van der Waals surface area contributed by atoms with E-state index >= 15 is 0 Å². The summed E-state index contributed by atoms with van der Waals surface area (Å²) in [7, 11) is 0. The summed E-state index contributed by atoms with van der Waals surface area (Å²) in [5.41, 5.74) is 1.75. The van der Waals surface area contributed by atoms with Crippen LogP contribution in [-0.4, -0.2) is 46.2 Å². The van der Waals surface area contributed by atoms with Gasteiger partial charge in [0.05, 0.1) is 30.1 Å². The molecule has 0 radical (unpaired) electrons. The molecule has 1 fully saturated rings. The minimum Gasteiger partial charge on any atom is -0.491 e. The van der Waals surface area contributed by atoms with E-state index in [0.717, 1.165) is 59.8 Å². The van der Waals surface area contributed by atoms with E-state index in [0.29, 0.717) is 12.5 Å². The molecule has 1 saturated heterocycles. The van der Waals surface area contributed by atoms with E-state index in [2.05, 4.69) is 38.3 Å². The van der Waals surface area contributed by atoms with E-state index in [1.165, 1.54) is 0 Å². The van der Waals surface area contributed by atoms with Crippen molar-refractivity contribution in [3.05, 3.63) is 42.2 Å². The molecular weight excluding hydrogens is 366 g/mol. The number of hydrogen-bond acceptors (Lipinski definition) is 7. The third-order valence-corrected chi connectivity index (χ3v) is 5.51. The smallest absolute Gasteiger partial charge is 0.151 e. The maximum Gasteiger partial charge on any atom is 0.151 e. The normalized spacial score (nSPS) is 16.0. The number of piperidine rings is 1. The summed E-state index contributed by atoms with van der Waals surface area (Å²) in [5.74, 6) is 3.04. The Morgan fingerprint density at radius 1 is 1.10 bits per heavy atom. The average Bonchev–Trinajstić information content (AvgIpc) is 2.75. The van der Waals surface area contributed by atoms with Crippen LogP contribution in [0, 0.1) is 12.8 Å². The Morgan fingerprint density at radius 2 is 1.93 bits per heavy atom. The molecule has 29 heavy (non-hydrogen) atoms. The van der Waals surface area contributed by atoms with Crippen LogP contribution in [-0.2, 0) is 0 Å². The molecule has 1 aliphatic rings. The number of aryl methyl sites for hydroxylation is 1. The van der Waals surface area contributed by atoms with Crippen molar-refractivity contribution >= 4 is 16.7 Å². The van der Waals surface area contributed by atoms with Crippen molar-refractivity contribution in [3.8, 4) is 11.5 Å². The number of nitrogens with zero attached hydrogens (tertiary/aromatic N) is 5. The number of hydrogen-bond donors (Lipinski definition) is 0. The number of rotatable bonds is 6. The lowest BCUT2D eigenvalue weighted by Gasteiger charge is -2.35. The van der Waals surface area contributed by atoms with Crippen molar-refractivity contribution in [1.29, 1.82) is 0 Å². The van der Waals surface area contributed by atoms with Gasteiger partial charge in [-0.3, -0.25) is 0 Å². The Balaban J connectivity index is 1.40. The van der Waals surface area contributed by atoms with Crippen LogP contribution in [0.3, 0.4) is 0 Å². The second-order valence-corrected chi connectivity index (χ2v) is 7.50. The highest BCUT2D eigenvalue weighted by Gasteiger charge is 2.26. The molecular formula is C22H27N5O2. The molecule has 2 aromatic heterocycles. The number of aromatic nitrogens is 4. The summed E-state index contributed by atoms with van der Waals surface area (Å²) < 4.78 is 12.0. The minimum atomic E-state index is 0.129. The zero-order valence-corrected chi connectivity index (χ0v) is 17.2. The van der Waals surface area contributed by atoms with Crippen LogP contribution >= 0.6 is 0 Å². The quantitative estimate of drug-likeness (QED) is 0.630. The van der Waals surface area contributed by atoms with Crippen LogP contribution in [0.1, 0.15) is 32.4 Å². The summed E-state index contributed by atoms with van der Waals surface area (Å²) in [6.45, 7) is 8.61. The first-order chi connectivity index (χ1) is 14.1. The first-order valence-corrected chi connectivity index (χ1v) is 10.2. The highest BCUT2D eigenvalue weighted by atomic mass is 16.5. The molecule has 0 saturated carbocycles. The van der Waals surface area contributed by atoms with Gasteiger partial charge < -0.3 is 14.4 Å². The fourth-order valence-corrected chi connectivity index (χ4v) is 3.83. The van der Waals surface area contributed by atoms with Gasteiger partial charge in [-0.1, -0.05) is 0 Å². The summed E-state index contributed by atoms with van der Waals surface area (Å²) in [4.78, 5) is 2.30. The molecule has 0 spiro atoms. The van der Waals surface area contributed by atoms with Gasteiger partial charge in [0.1, 0.15) is 11.5 Å². The van der Waals surface area contributed by atoms with Gasteiger partial charge in [-0.15, -0.1) is 5.10 Å². The van der Waals surface area contributed by atoms with E-state index in [9.17, 15) is 0 Å². The minimum absolute atomic E-state index is 0.129. The van der Waals surface area contributed by atoms with Gasteiger partial charge in [0.25, 0.3) is 0 Å². The average molecular weight is 393 g/mol. The molecule has 1 aliphatic heterocycles.